The van der Waals surface area contributed by atoms with Crippen molar-refractivity contribution < 1.29 is 19.4 Å². The monoisotopic (exact) mass is 670 g/mol. The van der Waals surface area contributed by atoms with Crippen molar-refractivity contribution in [3.05, 3.63) is 0 Å². The Hall–Kier alpha value is -0.830. The number of thioether (sulfide) groups is 1. The summed E-state index contributed by atoms with van der Waals surface area (Å²) in [5.74, 6) is 1.01. The molecule has 0 aromatic rings. The first kappa shape index (κ1) is 43.2. The summed E-state index contributed by atoms with van der Waals surface area (Å²) in [4.78, 5) is 25.2. The van der Waals surface area contributed by atoms with Gasteiger partial charge in [0, 0.05) is 24.5 Å². The number of aliphatic hydroxyl groups is 1. The van der Waals surface area contributed by atoms with Crippen molar-refractivity contribution in [3.63, 3.8) is 0 Å². The van der Waals surface area contributed by atoms with Gasteiger partial charge in [-0.1, -0.05) is 149 Å². The highest BCUT2D eigenvalue weighted by molar-refractivity contribution is 7.99. The SMILES string of the molecule is CCCCCCCCCCCCCCCCOC[C@H](CSC[C@H](N)C(=O)NC1(CO)CC1)NC(=O)CCCCCCCCCCC. The third-order valence-corrected chi connectivity index (χ3v) is 10.6. The smallest absolute Gasteiger partial charge is 0.238 e. The third-order valence-electron chi connectivity index (χ3n) is 9.33. The van der Waals surface area contributed by atoms with Gasteiger partial charge in [0.15, 0.2) is 0 Å². The van der Waals surface area contributed by atoms with E-state index in [2.05, 4.69) is 24.5 Å². The van der Waals surface area contributed by atoms with E-state index in [4.69, 9.17) is 10.5 Å². The number of rotatable bonds is 35. The molecule has 0 aromatic carbocycles. The molecule has 0 unspecified atom stereocenters. The molecule has 7 nitrogen and oxygen atoms in total. The van der Waals surface area contributed by atoms with Crippen LogP contribution in [0.4, 0.5) is 0 Å². The van der Waals surface area contributed by atoms with Gasteiger partial charge in [0.2, 0.25) is 11.8 Å². The van der Waals surface area contributed by atoms with E-state index in [0.29, 0.717) is 24.5 Å². The summed E-state index contributed by atoms with van der Waals surface area (Å²) in [6, 6.07) is -0.728. The highest BCUT2D eigenvalue weighted by Gasteiger charge is 2.44. The standard InChI is InChI=1S/C38H75N3O4S/c1-3-5-7-9-11-13-14-15-16-17-19-21-23-25-29-45-30-34(31-46-32-35(39)37(44)41-38(33-42)27-28-38)40-36(43)26-24-22-20-18-12-10-8-6-4-2/h34-35,42H,3-33,39H2,1-2H3,(H,40,43)(H,41,44)/t34-,35+/m1/s1. The Morgan fingerprint density at radius 2 is 1.17 bits per heavy atom. The van der Waals surface area contributed by atoms with E-state index in [9.17, 15) is 14.7 Å². The van der Waals surface area contributed by atoms with E-state index in [1.165, 1.54) is 128 Å². The Morgan fingerprint density at radius 3 is 1.63 bits per heavy atom. The number of unbranched alkanes of at least 4 members (excludes halogenated alkanes) is 21. The van der Waals surface area contributed by atoms with Crippen LogP contribution < -0.4 is 16.4 Å². The first-order chi connectivity index (χ1) is 22.5. The summed E-state index contributed by atoms with van der Waals surface area (Å²) < 4.78 is 6.03. The number of nitrogens with one attached hydrogen (secondary N) is 2. The molecule has 1 fully saturated rings. The van der Waals surface area contributed by atoms with E-state index < -0.39 is 11.6 Å². The number of aliphatic hydroxyl groups excluding tert-OH is 1. The maximum absolute atomic E-state index is 12.7. The molecular formula is C38H75N3O4S. The minimum atomic E-state index is -0.635. The van der Waals surface area contributed by atoms with Gasteiger partial charge in [-0.2, -0.15) is 11.8 Å². The van der Waals surface area contributed by atoms with Gasteiger partial charge in [-0.3, -0.25) is 9.59 Å². The number of nitrogens with two attached hydrogens (primary N) is 1. The molecule has 272 valence electrons. The zero-order valence-electron chi connectivity index (χ0n) is 30.2. The van der Waals surface area contributed by atoms with Gasteiger partial charge in [0.05, 0.1) is 30.8 Å². The largest absolute Gasteiger partial charge is 0.394 e. The van der Waals surface area contributed by atoms with E-state index >= 15 is 0 Å². The topological polar surface area (TPSA) is 114 Å². The predicted octanol–water partition coefficient (Wildman–Crippen LogP) is 8.59. The molecule has 0 radical (unpaired) electrons. The lowest BCUT2D eigenvalue weighted by Crippen LogP contribution is -2.49. The summed E-state index contributed by atoms with van der Waals surface area (Å²) in [6.45, 7) is 5.70. The Balaban J connectivity index is 2.22. The number of hydrogen-bond acceptors (Lipinski definition) is 6. The van der Waals surface area contributed by atoms with Crippen molar-refractivity contribution in [3.8, 4) is 0 Å². The first-order valence-electron chi connectivity index (χ1n) is 19.6. The van der Waals surface area contributed by atoms with Crippen LogP contribution in [0.5, 0.6) is 0 Å². The fourth-order valence-corrected chi connectivity index (χ4v) is 6.90. The molecule has 1 rings (SSSR count). The van der Waals surface area contributed by atoms with Gasteiger partial charge in [-0.15, -0.1) is 0 Å². The average Bonchev–Trinajstić information content (AvgIpc) is 3.83. The zero-order valence-corrected chi connectivity index (χ0v) is 31.0. The maximum atomic E-state index is 12.7. The van der Waals surface area contributed by atoms with Gasteiger partial charge < -0.3 is 26.2 Å². The lowest BCUT2D eigenvalue weighted by molar-refractivity contribution is -0.123. The van der Waals surface area contributed by atoms with Gasteiger partial charge in [-0.25, -0.2) is 0 Å². The highest BCUT2D eigenvalue weighted by atomic mass is 32.2. The lowest BCUT2D eigenvalue weighted by atomic mass is 10.0. The second-order valence-corrected chi connectivity index (χ2v) is 15.2. The van der Waals surface area contributed by atoms with Crippen molar-refractivity contribution in [1.29, 1.82) is 0 Å². The molecule has 2 amide bonds. The van der Waals surface area contributed by atoms with Gasteiger partial charge in [0.25, 0.3) is 0 Å². The van der Waals surface area contributed by atoms with Gasteiger partial charge in [0.1, 0.15) is 0 Å². The van der Waals surface area contributed by atoms with Gasteiger partial charge >= 0.3 is 0 Å². The summed E-state index contributed by atoms with van der Waals surface area (Å²) in [5.41, 5.74) is 5.69. The lowest BCUT2D eigenvalue weighted by Gasteiger charge is -2.21. The molecule has 1 aliphatic rings. The Kier molecular flexibility index (Phi) is 28.4. The van der Waals surface area contributed by atoms with Crippen LogP contribution in [0.25, 0.3) is 0 Å². The molecule has 0 aromatic heterocycles. The van der Waals surface area contributed by atoms with E-state index in [0.717, 1.165) is 38.7 Å². The molecule has 0 aliphatic heterocycles. The number of ether oxygens (including phenoxy) is 1. The minimum absolute atomic E-state index is 0.0394. The third kappa shape index (κ3) is 25.2. The number of amides is 2. The Labute approximate surface area is 288 Å². The molecule has 46 heavy (non-hydrogen) atoms. The van der Waals surface area contributed by atoms with E-state index in [1.54, 1.807) is 11.8 Å². The fraction of sp³-hybridized carbons (Fsp3) is 0.947. The molecule has 0 spiro atoms. The van der Waals surface area contributed by atoms with Crippen molar-refractivity contribution in [2.24, 2.45) is 5.73 Å². The van der Waals surface area contributed by atoms with Crippen LogP contribution in [0.15, 0.2) is 0 Å². The first-order valence-corrected chi connectivity index (χ1v) is 20.7. The summed E-state index contributed by atoms with van der Waals surface area (Å²) in [5, 5.41) is 15.6. The molecular weight excluding hydrogens is 595 g/mol. The molecule has 0 bridgehead atoms. The van der Waals surface area contributed by atoms with Crippen LogP contribution in [-0.4, -0.2) is 65.9 Å². The molecule has 2 atom stereocenters. The van der Waals surface area contributed by atoms with Crippen molar-refractivity contribution >= 4 is 23.6 Å². The summed E-state index contributed by atoms with van der Waals surface area (Å²) in [7, 11) is 0. The van der Waals surface area contributed by atoms with Gasteiger partial charge in [-0.05, 0) is 25.7 Å². The summed E-state index contributed by atoms with van der Waals surface area (Å²) in [6.07, 6.45) is 32.0. The van der Waals surface area contributed by atoms with E-state index in [-0.39, 0.29) is 24.5 Å². The quantitative estimate of drug-likeness (QED) is 0.0503. The fourth-order valence-electron chi connectivity index (χ4n) is 5.89. The number of carbonyl (C=O) groups is 2. The van der Waals surface area contributed by atoms with Crippen LogP contribution in [0.2, 0.25) is 0 Å². The summed E-state index contributed by atoms with van der Waals surface area (Å²) >= 11 is 1.58. The normalized spacial score (nSPS) is 15.0. The van der Waals surface area contributed by atoms with Crippen molar-refractivity contribution in [2.45, 2.75) is 198 Å². The zero-order chi connectivity index (χ0) is 33.6. The van der Waals surface area contributed by atoms with E-state index in [1.807, 2.05) is 0 Å². The molecule has 1 saturated carbocycles. The number of carbonyl (C=O) groups excluding carboxylic acids is 2. The second kappa shape index (κ2) is 30.2. The minimum Gasteiger partial charge on any atom is -0.394 e. The van der Waals surface area contributed by atoms with Crippen LogP contribution in [-0.2, 0) is 14.3 Å². The van der Waals surface area contributed by atoms with Crippen LogP contribution in [0.1, 0.15) is 181 Å². The van der Waals surface area contributed by atoms with Crippen LogP contribution in [0.3, 0.4) is 0 Å². The molecule has 1 aliphatic carbocycles. The van der Waals surface area contributed by atoms with Crippen LogP contribution in [0, 0.1) is 0 Å². The van der Waals surface area contributed by atoms with Crippen LogP contribution >= 0.6 is 11.8 Å². The van der Waals surface area contributed by atoms with Crippen molar-refractivity contribution in [2.75, 3.05) is 31.3 Å². The molecule has 0 saturated heterocycles. The average molecular weight is 670 g/mol. The molecule has 5 N–H and O–H groups in total. The second-order valence-electron chi connectivity index (χ2n) is 14.1. The molecule has 8 heteroatoms. The highest BCUT2D eigenvalue weighted by Crippen LogP contribution is 2.34. The molecule has 0 heterocycles. The Morgan fingerprint density at radius 1 is 0.717 bits per heavy atom. The maximum Gasteiger partial charge on any atom is 0.238 e. The predicted molar refractivity (Wildman–Crippen MR) is 197 cm³/mol. The number of hydrogen-bond donors (Lipinski definition) is 4. The van der Waals surface area contributed by atoms with Crippen molar-refractivity contribution in [1.82, 2.24) is 10.6 Å². The Bertz CT molecular complexity index is 722.